The second-order valence-electron chi connectivity index (χ2n) is 6.03. The molecule has 1 saturated heterocycles. The molecule has 0 spiro atoms. The molecule has 0 radical (unpaired) electrons. The Labute approximate surface area is 137 Å². The van der Waals surface area contributed by atoms with Crippen LogP contribution in [0, 0.1) is 5.92 Å². The molecule has 122 valence electrons. The van der Waals surface area contributed by atoms with Crippen molar-refractivity contribution in [2.24, 2.45) is 5.92 Å². The van der Waals surface area contributed by atoms with Crippen LogP contribution >= 0.6 is 11.8 Å². The molecule has 1 amide bonds. The minimum absolute atomic E-state index is 0.00613. The third-order valence-corrected chi connectivity index (χ3v) is 6.92. The fourth-order valence-corrected chi connectivity index (χ4v) is 5.68. The van der Waals surface area contributed by atoms with E-state index in [1.54, 1.807) is 30.8 Å². The van der Waals surface area contributed by atoms with E-state index in [-0.39, 0.29) is 5.91 Å². The van der Waals surface area contributed by atoms with E-state index in [1.807, 2.05) is 24.3 Å². The maximum absolute atomic E-state index is 11.8. The first kappa shape index (κ1) is 17.3. The first-order chi connectivity index (χ1) is 10.4. The van der Waals surface area contributed by atoms with Crippen LogP contribution in [0.5, 0.6) is 0 Å². The summed E-state index contributed by atoms with van der Waals surface area (Å²) in [4.78, 5) is 13.4. The van der Waals surface area contributed by atoms with Crippen molar-refractivity contribution >= 4 is 27.5 Å². The van der Waals surface area contributed by atoms with Gasteiger partial charge in [-0.1, -0.05) is 12.1 Å². The highest BCUT2D eigenvalue weighted by molar-refractivity contribution is 7.98. The van der Waals surface area contributed by atoms with Crippen LogP contribution in [0.25, 0.3) is 0 Å². The summed E-state index contributed by atoms with van der Waals surface area (Å²) in [5, 5.41) is 0. The molecule has 2 rings (SSSR count). The molecular weight excluding hydrogens is 318 g/mol. The first-order valence-electron chi connectivity index (χ1n) is 7.46. The summed E-state index contributed by atoms with van der Waals surface area (Å²) in [6, 6.07) is 7.65. The van der Waals surface area contributed by atoms with Gasteiger partial charge in [0.25, 0.3) is 5.91 Å². The molecular formula is C16H23NO3S2. The molecule has 0 aromatic heterocycles. The second-order valence-corrected chi connectivity index (χ2v) is 9.29. The number of carbonyl (C=O) groups excluding carboxylic acids is 1. The first-order valence-corrected chi connectivity index (χ1v) is 10.4. The lowest BCUT2D eigenvalue weighted by atomic mass is 10.1. The van der Waals surface area contributed by atoms with Gasteiger partial charge >= 0.3 is 0 Å². The highest BCUT2D eigenvalue weighted by Gasteiger charge is 2.24. The Morgan fingerprint density at radius 3 is 2.55 bits per heavy atom. The van der Waals surface area contributed by atoms with Crippen molar-refractivity contribution in [2.75, 3.05) is 31.4 Å². The Hall–Kier alpha value is -1.01. The third kappa shape index (κ3) is 5.02. The van der Waals surface area contributed by atoms with Gasteiger partial charge in [0, 0.05) is 25.4 Å². The molecule has 0 unspecified atom stereocenters. The van der Waals surface area contributed by atoms with Gasteiger partial charge in [-0.05, 0) is 42.2 Å². The molecule has 4 nitrogen and oxygen atoms in total. The minimum Gasteiger partial charge on any atom is -0.345 e. The molecule has 22 heavy (non-hydrogen) atoms. The molecule has 0 aliphatic carbocycles. The van der Waals surface area contributed by atoms with E-state index in [0.29, 0.717) is 23.0 Å². The van der Waals surface area contributed by atoms with Crippen LogP contribution in [0.3, 0.4) is 0 Å². The zero-order chi connectivity index (χ0) is 16.2. The van der Waals surface area contributed by atoms with Crippen molar-refractivity contribution in [1.29, 1.82) is 0 Å². The Morgan fingerprint density at radius 2 is 1.95 bits per heavy atom. The fourth-order valence-electron chi connectivity index (χ4n) is 2.59. The number of benzene rings is 1. The lowest BCUT2D eigenvalue weighted by Gasteiger charge is -2.21. The molecule has 6 heteroatoms. The molecule has 1 aromatic carbocycles. The highest BCUT2D eigenvalue weighted by atomic mass is 32.2. The van der Waals surface area contributed by atoms with Crippen LogP contribution in [-0.2, 0) is 15.6 Å². The van der Waals surface area contributed by atoms with E-state index in [4.69, 9.17) is 0 Å². The Bertz CT molecular complexity index is 609. The van der Waals surface area contributed by atoms with E-state index < -0.39 is 9.84 Å². The largest absolute Gasteiger partial charge is 0.345 e. The summed E-state index contributed by atoms with van der Waals surface area (Å²) in [7, 11) is 0.675. The van der Waals surface area contributed by atoms with Gasteiger partial charge in [0.15, 0.2) is 9.84 Å². The molecule has 1 heterocycles. The number of thioether (sulfide) groups is 1. The molecule has 1 aliphatic heterocycles. The standard InChI is InChI=1S/C16H23NO3S2/c1-17(2)16(18)15-7-5-13(6-8-15)10-21-11-14-4-3-9-22(19,20)12-14/h5-8,14H,3-4,9-12H2,1-2H3/t14-/m1/s1. The quantitative estimate of drug-likeness (QED) is 0.825. The summed E-state index contributed by atoms with van der Waals surface area (Å²) < 4.78 is 23.2. The number of hydrogen-bond acceptors (Lipinski definition) is 4. The molecule has 1 fully saturated rings. The van der Waals surface area contributed by atoms with E-state index >= 15 is 0 Å². The van der Waals surface area contributed by atoms with Crippen LogP contribution in [-0.4, -0.2) is 50.6 Å². The monoisotopic (exact) mass is 341 g/mol. The summed E-state index contributed by atoms with van der Waals surface area (Å²) in [5.41, 5.74) is 1.86. The van der Waals surface area contributed by atoms with Gasteiger partial charge in [-0.3, -0.25) is 4.79 Å². The topological polar surface area (TPSA) is 54.5 Å². The van der Waals surface area contributed by atoms with Crippen LogP contribution in [0.2, 0.25) is 0 Å². The van der Waals surface area contributed by atoms with Crippen LogP contribution < -0.4 is 0 Å². The predicted octanol–water partition coefficient (Wildman–Crippen LogP) is 2.45. The van der Waals surface area contributed by atoms with E-state index in [9.17, 15) is 13.2 Å². The number of sulfone groups is 1. The maximum atomic E-state index is 11.8. The number of amides is 1. The summed E-state index contributed by atoms with van der Waals surface area (Å²) in [6.45, 7) is 0. The molecule has 1 atom stereocenters. The van der Waals surface area contributed by atoms with Crippen LogP contribution in [0.15, 0.2) is 24.3 Å². The minimum atomic E-state index is -2.81. The van der Waals surface area contributed by atoms with E-state index in [1.165, 1.54) is 5.56 Å². The number of carbonyl (C=O) groups is 1. The number of rotatable bonds is 5. The average Bonchev–Trinajstić information content (AvgIpc) is 2.46. The lowest BCUT2D eigenvalue weighted by Crippen LogP contribution is -2.26. The summed E-state index contributed by atoms with van der Waals surface area (Å²) >= 11 is 1.77. The van der Waals surface area contributed by atoms with Gasteiger partial charge in [-0.25, -0.2) is 8.42 Å². The van der Waals surface area contributed by atoms with Gasteiger partial charge in [-0.15, -0.1) is 0 Å². The van der Waals surface area contributed by atoms with Gasteiger partial charge in [-0.2, -0.15) is 11.8 Å². The highest BCUT2D eigenvalue weighted by Crippen LogP contribution is 2.24. The summed E-state index contributed by atoms with van der Waals surface area (Å²) in [5.74, 6) is 2.74. The van der Waals surface area contributed by atoms with Crippen molar-refractivity contribution in [3.63, 3.8) is 0 Å². The molecule has 1 aliphatic rings. The summed E-state index contributed by atoms with van der Waals surface area (Å²) in [6.07, 6.45) is 1.82. The SMILES string of the molecule is CN(C)C(=O)c1ccc(CSC[C@H]2CCCS(=O)(=O)C2)cc1. The zero-order valence-corrected chi connectivity index (χ0v) is 14.8. The van der Waals surface area contributed by atoms with Gasteiger partial charge in [0.2, 0.25) is 0 Å². The van der Waals surface area contributed by atoms with Crippen molar-refractivity contribution in [3.8, 4) is 0 Å². The Balaban J connectivity index is 1.81. The maximum Gasteiger partial charge on any atom is 0.253 e. The van der Waals surface area contributed by atoms with E-state index in [2.05, 4.69) is 0 Å². The van der Waals surface area contributed by atoms with Crippen molar-refractivity contribution < 1.29 is 13.2 Å². The van der Waals surface area contributed by atoms with Crippen LogP contribution in [0.4, 0.5) is 0 Å². The number of nitrogens with zero attached hydrogens (tertiary/aromatic N) is 1. The smallest absolute Gasteiger partial charge is 0.253 e. The Kier molecular flexibility index (Phi) is 5.92. The number of hydrogen-bond donors (Lipinski definition) is 0. The van der Waals surface area contributed by atoms with Crippen molar-refractivity contribution in [1.82, 2.24) is 4.90 Å². The van der Waals surface area contributed by atoms with Crippen molar-refractivity contribution in [2.45, 2.75) is 18.6 Å². The van der Waals surface area contributed by atoms with Gasteiger partial charge in [0.05, 0.1) is 11.5 Å². The second kappa shape index (κ2) is 7.51. The normalized spacial score (nSPS) is 20.5. The average molecular weight is 341 g/mol. The lowest BCUT2D eigenvalue weighted by molar-refractivity contribution is 0.0827. The van der Waals surface area contributed by atoms with Gasteiger partial charge < -0.3 is 4.90 Å². The fraction of sp³-hybridized carbons (Fsp3) is 0.562. The molecule has 1 aromatic rings. The molecule has 0 N–H and O–H groups in total. The van der Waals surface area contributed by atoms with Crippen molar-refractivity contribution in [3.05, 3.63) is 35.4 Å². The molecule has 0 bridgehead atoms. The van der Waals surface area contributed by atoms with Crippen LogP contribution in [0.1, 0.15) is 28.8 Å². The van der Waals surface area contributed by atoms with Gasteiger partial charge in [0.1, 0.15) is 0 Å². The van der Waals surface area contributed by atoms with E-state index in [0.717, 1.165) is 24.3 Å². The third-order valence-electron chi connectivity index (χ3n) is 3.79. The Morgan fingerprint density at radius 1 is 1.27 bits per heavy atom. The predicted molar refractivity (Wildman–Crippen MR) is 92.0 cm³/mol. The molecule has 0 saturated carbocycles. The zero-order valence-electron chi connectivity index (χ0n) is 13.1.